The predicted octanol–water partition coefficient (Wildman–Crippen LogP) is 3.57. The van der Waals surface area contributed by atoms with Gasteiger partial charge in [0, 0.05) is 22.9 Å². The fourth-order valence-electron chi connectivity index (χ4n) is 3.16. The van der Waals surface area contributed by atoms with Gasteiger partial charge in [0.2, 0.25) is 0 Å². The Balaban J connectivity index is -0.000000686. The second-order valence-corrected chi connectivity index (χ2v) is 11.6. The molecule has 0 N–H and O–H groups in total. The van der Waals surface area contributed by atoms with E-state index < -0.39 is 8.07 Å². The van der Waals surface area contributed by atoms with Crippen LogP contribution in [0.25, 0.3) is 0 Å². The van der Waals surface area contributed by atoms with E-state index in [0.29, 0.717) is 5.92 Å². The Labute approximate surface area is 168 Å². The number of hydrogen-bond acceptors (Lipinski definition) is 2. The largest absolute Gasteiger partial charge is 0 e. The van der Waals surface area contributed by atoms with E-state index in [4.69, 9.17) is 23.4 Å². The summed E-state index contributed by atoms with van der Waals surface area (Å²) in [7, 11) is 2.10. The maximum atomic E-state index is 7.50. The normalized spacial score (nSPS) is 14.1. The van der Waals surface area contributed by atoms with E-state index in [0.717, 1.165) is 11.5 Å². The van der Waals surface area contributed by atoms with Gasteiger partial charge in [-0.2, -0.15) is 0 Å². The van der Waals surface area contributed by atoms with E-state index in [-0.39, 0.29) is 17.4 Å². The summed E-state index contributed by atoms with van der Waals surface area (Å²) >= 11 is 0. The van der Waals surface area contributed by atoms with Crippen LogP contribution in [-0.4, -0.2) is 22.3 Å². The summed E-state index contributed by atoms with van der Waals surface area (Å²) in [6, 6.07) is 2.40. The molecule has 0 radical (unpaired) electrons. The second-order valence-electron chi connectivity index (χ2n) is 6.61. The maximum Gasteiger partial charge on any atom is 0 e. The van der Waals surface area contributed by atoms with Gasteiger partial charge in [-0.15, -0.1) is 0 Å². The van der Waals surface area contributed by atoms with E-state index in [1.807, 2.05) is 0 Å². The first-order valence-corrected chi connectivity index (χ1v) is 11.3. The summed E-state index contributed by atoms with van der Waals surface area (Å²) in [6.45, 7) is 22.9. The average Bonchev–Trinajstić information content (AvgIpc) is 2.64. The van der Waals surface area contributed by atoms with Crippen molar-refractivity contribution in [2.45, 2.75) is 51.7 Å². The van der Waals surface area contributed by atoms with Gasteiger partial charge in [-0.25, -0.2) is 0 Å². The molecule has 0 aromatic heterocycles. The first kappa shape index (κ1) is 29.5. The van der Waals surface area contributed by atoms with Gasteiger partial charge in [-0.3, -0.25) is 0 Å². The van der Waals surface area contributed by atoms with Crippen LogP contribution in [0.15, 0.2) is 6.07 Å². The standard InChI is InChI=1S/C16H26O2Si.3CO.Cr/c1-11-8-7-9-12-10-13(19(4,5)6)15(17-2)16(18-3)14(11)12;3*1-2;/h10-11H,7-9H2,1-6H3;;;;/t11-;;;;/m0..../s1. The van der Waals surface area contributed by atoms with Crippen molar-refractivity contribution in [3.8, 4) is 11.5 Å². The number of methoxy groups -OCH3 is 2. The number of aryl methyl sites for hydroxylation is 1. The zero-order chi connectivity index (χ0) is 20.2. The predicted molar refractivity (Wildman–Crippen MR) is 95.7 cm³/mol. The molecule has 1 aromatic rings. The van der Waals surface area contributed by atoms with Crippen LogP contribution >= 0.6 is 0 Å². The summed E-state index contributed by atoms with van der Waals surface area (Å²) in [4.78, 5) is 0. The van der Waals surface area contributed by atoms with Crippen molar-refractivity contribution in [2.75, 3.05) is 14.2 Å². The van der Waals surface area contributed by atoms with Crippen molar-refractivity contribution in [3.05, 3.63) is 37.1 Å². The van der Waals surface area contributed by atoms with Crippen molar-refractivity contribution >= 4 is 13.3 Å². The summed E-state index contributed by atoms with van der Waals surface area (Å²) in [5.74, 6) is 2.54. The van der Waals surface area contributed by atoms with E-state index in [2.05, 4.69) is 52.6 Å². The van der Waals surface area contributed by atoms with Crippen LogP contribution in [-0.2, 0) is 37.7 Å². The zero-order valence-electron chi connectivity index (χ0n) is 16.2. The summed E-state index contributed by atoms with van der Waals surface area (Å²) in [5.41, 5.74) is 2.86. The maximum absolute atomic E-state index is 7.50. The number of hydrogen-bond donors (Lipinski definition) is 0. The van der Waals surface area contributed by atoms with Gasteiger partial charge in [0.15, 0.2) is 11.5 Å². The van der Waals surface area contributed by atoms with Gasteiger partial charge in [0.1, 0.15) is 0 Å². The number of benzene rings is 1. The molecule has 0 aliphatic heterocycles. The van der Waals surface area contributed by atoms with Crippen LogP contribution in [0.3, 0.4) is 0 Å². The van der Waals surface area contributed by atoms with Gasteiger partial charge in [-0.1, -0.05) is 32.6 Å². The number of rotatable bonds is 3. The Bertz CT molecular complexity index is 588. The molecule has 0 unspecified atom stereocenters. The molecule has 0 heterocycles. The molecule has 0 bridgehead atoms. The Morgan fingerprint density at radius 1 is 0.962 bits per heavy atom. The molecular formula is C19H26CrO5Si. The van der Waals surface area contributed by atoms with Gasteiger partial charge >= 0.3 is 33.9 Å². The second kappa shape index (κ2) is 14.9. The van der Waals surface area contributed by atoms with E-state index in [9.17, 15) is 0 Å². The Morgan fingerprint density at radius 2 is 1.42 bits per heavy atom. The zero-order valence-corrected chi connectivity index (χ0v) is 18.5. The molecule has 0 amide bonds. The number of fused-ring (bicyclic) bond motifs is 1. The number of ether oxygens (including phenoxy) is 2. The summed E-state index contributed by atoms with van der Waals surface area (Å²) in [6.07, 6.45) is 3.71. The smallest absolute Gasteiger partial charge is 0 e. The molecule has 2 rings (SSSR count). The molecule has 1 aromatic carbocycles. The van der Waals surface area contributed by atoms with Gasteiger partial charge in [0.05, 0.1) is 22.3 Å². The van der Waals surface area contributed by atoms with Gasteiger partial charge in [-0.05, 0) is 35.9 Å². The Morgan fingerprint density at radius 3 is 1.81 bits per heavy atom. The van der Waals surface area contributed by atoms with Crippen molar-refractivity contribution in [1.82, 2.24) is 0 Å². The minimum Gasteiger partial charge on any atom is 0 e. The van der Waals surface area contributed by atoms with Crippen molar-refractivity contribution in [1.29, 1.82) is 0 Å². The quantitative estimate of drug-likeness (QED) is 0.431. The van der Waals surface area contributed by atoms with Crippen LogP contribution < -0.4 is 14.7 Å². The van der Waals surface area contributed by atoms with E-state index in [1.54, 1.807) is 14.2 Å². The molecule has 1 atom stereocenters. The molecule has 1 aliphatic rings. The summed E-state index contributed by atoms with van der Waals surface area (Å²) in [5, 5.41) is 1.39. The average molecular weight is 414 g/mol. The topological polar surface area (TPSA) is 78.2 Å². The van der Waals surface area contributed by atoms with Gasteiger partial charge < -0.3 is 9.47 Å². The van der Waals surface area contributed by atoms with Crippen LogP contribution in [0.2, 0.25) is 19.6 Å². The van der Waals surface area contributed by atoms with Crippen molar-refractivity contribution in [2.24, 2.45) is 0 Å². The van der Waals surface area contributed by atoms with Crippen molar-refractivity contribution in [3.63, 3.8) is 0 Å². The molecule has 5 nitrogen and oxygen atoms in total. The molecule has 142 valence electrons. The first-order chi connectivity index (χ1) is 11.9. The molecule has 0 fully saturated rings. The fourth-order valence-corrected chi connectivity index (χ4v) is 4.66. The van der Waals surface area contributed by atoms with Crippen LogP contribution in [0.1, 0.15) is 36.8 Å². The monoisotopic (exact) mass is 414 g/mol. The third-order valence-electron chi connectivity index (χ3n) is 4.15. The molecule has 0 saturated carbocycles. The SMILES string of the molecule is COc1c([Si](C)(C)C)cc2c(c1OC)[C@@H](C)CCC2.[C-]#[O+].[C-]#[O+].[C-]#[O+].[Cr]. The van der Waals surface area contributed by atoms with Crippen LogP contribution in [0, 0.1) is 20.0 Å². The fraction of sp³-hybridized carbons (Fsp3) is 0.526. The minimum absolute atomic E-state index is 0. The molecule has 1 aliphatic carbocycles. The minimum atomic E-state index is -1.43. The van der Waals surface area contributed by atoms with Crippen molar-refractivity contribution < 1.29 is 40.8 Å². The third kappa shape index (κ3) is 7.19. The molecule has 0 saturated heterocycles. The van der Waals surface area contributed by atoms with Crippen LogP contribution in [0.4, 0.5) is 0 Å². The van der Waals surface area contributed by atoms with E-state index in [1.165, 1.54) is 35.6 Å². The van der Waals surface area contributed by atoms with Crippen LogP contribution in [0.5, 0.6) is 11.5 Å². The molecule has 26 heavy (non-hydrogen) atoms. The van der Waals surface area contributed by atoms with Gasteiger partial charge in [0.25, 0.3) is 0 Å². The molecule has 0 spiro atoms. The Kier molecular flexibility index (Phi) is 16.9. The summed E-state index contributed by atoms with van der Waals surface area (Å²) < 4.78 is 34.0. The van der Waals surface area contributed by atoms with E-state index >= 15 is 0 Å². The molecule has 7 heteroatoms. The first-order valence-electron chi connectivity index (χ1n) is 7.79. The third-order valence-corrected chi connectivity index (χ3v) is 6.14. The molecular weight excluding hydrogens is 388 g/mol. The Hall–Kier alpha value is -1.21.